The molecule has 1 fully saturated rings. The molecule has 1 atom stereocenters. The predicted molar refractivity (Wildman–Crippen MR) is 95.3 cm³/mol. The van der Waals surface area contributed by atoms with E-state index in [4.69, 9.17) is 9.72 Å². The number of para-hydroxylation sites is 1. The lowest BCUT2D eigenvalue weighted by Gasteiger charge is -2.24. The molecule has 1 aromatic carbocycles. The van der Waals surface area contributed by atoms with Crippen molar-refractivity contribution >= 4 is 0 Å². The molecule has 0 radical (unpaired) electrons. The van der Waals surface area contributed by atoms with Gasteiger partial charge in [0.2, 0.25) is 0 Å². The van der Waals surface area contributed by atoms with E-state index >= 15 is 0 Å². The van der Waals surface area contributed by atoms with Crippen molar-refractivity contribution < 1.29 is 4.74 Å². The zero-order chi connectivity index (χ0) is 16.4. The van der Waals surface area contributed by atoms with E-state index in [-0.39, 0.29) is 0 Å². The summed E-state index contributed by atoms with van der Waals surface area (Å²) in [6.07, 6.45) is 7.31. The summed E-state index contributed by atoms with van der Waals surface area (Å²) in [5.74, 6) is 3.60. The first-order chi connectivity index (χ1) is 11.8. The van der Waals surface area contributed by atoms with Crippen molar-refractivity contribution in [1.82, 2.24) is 14.9 Å². The molecule has 4 nitrogen and oxygen atoms in total. The molecular formula is C20H27N3O. The molecule has 2 heterocycles. The Bertz CT molecular complexity index is 690. The number of rotatable bonds is 7. The van der Waals surface area contributed by atoms with Crippen LogP contribution in [0.3, 0.4) is 0 Å². The Morgan fingerprint density at radius 1 is 1.25 bits per heavy atom. The van der Waals surface area contributed by atoms with Crippen molar-refractivity contribution in [2.24, 2.45) is 5.92 Å². The van der Waals surface area contributed by atoms with Gasteiger partial charge in [-0.15, -0.1) is 0 Å². The second-order valence-corrected chi connectivity index (χ2v) is 7.27. The number of ether oxygens (including phenoxy) is 1. The van der Waals surface area contributed by atoms with Gasteiger partial charge in [-0.25, -0.2) is 4.98 Å². The molecule has 1 saturated carbocycles. The molecule has 0 saturated heterocycles. The molecule has 4 rings (SSSR count). The number of hydrogen-bond donors (Lipinski definition) is 1. The number of fused-ring (bicyclic) bond motifs is 1. The predicted octanol–water partition coefficient (Wildman–Crippen LogP) is 3.65. The molecule has 0 amide bonds. The highest BCUT2D eigenvalue weighted by molar-refractivity contribution is 5.33. The topological polar surface area (TPSA) is 39.1 Å². The summed E-state index contributed by atoms with van der Waals surface area (Å²) in [4.78, 5) is 4.73. The van der Waals surface area contributed by atoms with Gasteiger partial charge in [-0.1, -0.05) is 18.2 Å². The Morgan fingerprint density at radius 3 is 3.00 bits per heavy atom. The first kappa shape index (κ1) is 15.7. The van der Waals surface area contributed by atoms with E-state index in [1.54, 1.807) is 0 Å². The maximum atomic E-state index is 6.01. The van der Waals surface area contributed by atoms with Gasteiger partial charge in [0.25, 0.3) is 0 Å². The van der Waals surface area contributed by atoms with Gasteiger partial charge in [0.15, 0.2) is 0 Å². The molecule has 2 aromatic rings. The summed E-state index contributed by atoms with van der Waals surface area (Å²) >= 11 is 0. The zero-order valence-corrected chi connectivity index (χ0v) is 14.5. The number of aryl methyl sites for hydroxylation is 2. The Hall–Kier alpha value is -1.81. The highest BCUT2D eigenvalue weighted by atomic mass is 16.5. The molecule has 1 unspecified atom stereocenters. The summed E-state index contributed by atoms with van der Waals surface area (Å²) in [5, 5.41) is 3.63. The van der Waals surface area contributed by atoms with Gasteiger partial charge in [-0.3, -0.25) is 0 Å². The third kappa shape index (κ3) is 3.64. The van der Waals surface area contributed by atoms with Crippen LogP contribution < -0.4 is 10.1 Å². The third-order valence-corrected chi connectivity index (χ3v) is 5.09. The zero-order valence-electron chi connectivity index (χ0n) is 14.5. The van der Waals surface area contributed by atoms with E-state index in [9.17, 15) is 0 Å². The highest BCUT2D eigenvalue weighted by Crippen LogP contribution is 2.30. The van der Waals surface area contributed by atoms with Gasteiger partial charge in [-0.2, -0.15) is 0 Å². The monoisotopic (exact) mass is 325 g/mol. The SMILES string of the molecule is Cc1cn2c(n1)C(CNCc1ccccc1OCC1CC1)CCC2. The van der Waals surface area contributed by atoms with Crippen LogP contribution in [0.1, 0.15) is 48.7 Å². The minimum absolute atomic E-state index is 0.520. The summed E-state index contributed by atoms with van der Waals surface area (Å²) < 4.78 is 8.34. The molecule has 1 aliphatic carbocycles. The summed E-state index contributed by atoms with van der Waals surface area (Å²) in [6.45, 7) is 5.91. The molecule has 0 bridgehead atoms. The standard InChI is InChI=1S/C20H27N3O/c1-15-13-23-10-4-6-18(20(23)22-15)12-21-11-17-5-2-3-7-19(17)24-14-16-8-9-16/h2-3,5,7,13,16,18,21H,4,6,8-12,14H2,1H3. The smallest absolute Gasteiger partial charge is 0.123 e. The molecule has 1 aliphatic heterocycles. The van der Waals surface area contributed by atoms with Crippen LogP contribution in [-0.4, -0.2) is 22.7 Å². The summed E-state index contributed by atoms with van der Waals surface area (Å²) in [5.41, 5.74) is 2.39. The molecule has 1 aromatic heterocycles. The number of aromatic nitrogens is 2. The molecule has 4 heteroatoms. The molecular weight excluding hydrogens is 298 g/mol. The fourth-order valence-corrected chi connectivity index (χ4v) is 3.56. The molecule has 2 aliphatic rings. The van der Waals surface area contributed by atoms with Gasteiger partial charge in [0.05, 0.1) is 12.3 Å². The highest BCUT2D eigenvalue weighted by Gasteiger charge is 2.23. The van der Waals surface area contributed by atoms with Crippen molar-refractivity contribution in [3.8, 4) is 5.75 Å². The van der Waals surface area contributed by atoms with Crippen molar-refractivity contribution in [2.75, 3.05) is 13.2 Å². The minimum atomic E-state index is 0.520. The summed E-state index contributed by atoms with van der Waals surface area (Å²) in [6, 6.07) is 8.42. The van der Waals surface area contributed by atoms with Crippen LogP contribution in [0.15, 0.2) is 30.5 Å². The second-order valence-electron chi connectivity index (χ2n) is 7.27. The Labute approximate surface area is 144 Å². The fourth-order valence-electron chi connectivity index (χ4n) is 3.56. The minimum Gasteiger partial charge on any atom is -0.493 e. The Kier molecular flexibility index (Phi) is 4.56. The first-order valence-electron chi connectivity index (χ1n) is 9.24. The number of hydrogen-bond acceptors (Lipinski definition) is 3. The van der Waals surface area contributed by atoms with Crippen molar-refractivity contribution in [3.05, 3.63) is 47.5 Å². The largest absolute Gasteiger partial charge is 0.493 e. The Balaban J connectivity index is 1.34. The maximum absolute atomic E-state index is 6.01. The third-order valence-electron chi connectivity index (χ3n) is 5.09. The van der Waals surface area contributed by atoms with Gasteiger partial charge >= 0.3 is 0 Å². The van der Waals surface area contributed by atoms with E-state index in [1.807, 2.05) is 0 Å². The molecule has 24 heavy (non-hydrogen) atoms. The van der Waals surface area contributed by atoms with Crippen LogP contribution in [0, 0.1) is 12.8 Å². The second kappa shape index (κ2) is 6.98. The lowest BCUT2D eigenvalue weighted by molar-refractivity contribution is 0.296. The van der Waals surface area contributed by atoms with E-state index in [0.29, 0.717) is 5.92 Å². The lowest BCUT2D eigenvalue weighted by atomic mass is 9.99. The normalized spacial score (nSPS) is 20.0. The molecule has 0 spiro atoms. The van der Waals surface area contributed by atoms with Crippen LogP contribution >= 0.6 is 0 Å². The average molecular weight is 325 g/mol. The average Bonchev–Trinajstić information content (AvgIpc) is 3.33. The van der Waals surface area contributed by atoms with Crippen molar-refractivity contribution in [2.45, 2.75) is 51.6 Å². The number of benzene rings is 1. The van der Waals surface area contributed by atoms with E-state index in [1.165, 1.54) is 37.1 Å². The summed E-state index contributed by atoms with van der Waals surface area (Å²) in [7, 11) is 0. The Morgan fingerprint density at radius 2 is 2.12 bits per heavy atom. The van der Waals surface area contributed by atoms with Crippen molar-refractivity contribution in [1.29, 1.82) is 0 Å². The van der Waals surface area contributed by atoms with Gasteiger partial charge in [-0.05, 0) is 44.6 Å². The molecule has 1 N–H and O–H groups in total. The number of nitrogens with one attached hydrogen (secondary N) is 1. The van der Waals surface area contributed by atoms with Gasteiger partial charge in [0, 0.05) is 37.3 Å². The fraction of sp³-hybridized carbons (Fsp3) is 0.550. The van der Waals surface area contributed by atoms with Gasteiger partial charge in [0.1, 0.15) is 11.6 Å². The first-order valence-corrected chi connectivity index (χ1v) is 9.24. The van der Waals surface area contributed by atoms with Crippen LogP contribution in [0.4, 0.5) is 0 Å². The van der Waals surface area contributed by atoms with Crippen LogP contribution in [-0.2, 0) is 13.1 Å². The van der Waals surface area contributed by atoms with Crippen LogP contribution in [0.5, 0.6) is 5.75 Å². The van der Waals surface area contributed by atoms with Gasteiger partial charge < -0.3 is 14.6 Å². The van der Waals surface area contributed by atoms with Crippen LogP contribution in [0.2, 0.25) is 0 Å². The van der Waals surface area contributed by atoms with Crippen molar-refractivity contribution in [3.63, 3.8) is 0 Å². The van der Waals surface area contributed by atoms with E-state index < -0.39 is 0 Å². The van der Waals surface area contributed by atoms with Crippen LogP contribution in [0.25, 0.3) is 0 Å². The maximum Gasteiger partial charge on any atom is 0.123 e. The van der Waals surface area contributed by atoms with E-state index in [2.05, 4.69) is 47.3 Å². The number of imidazole rings is 1. The van der Waals surface area contributed by atoms with E-state index in [0.717, 1.165) is 43.6 Å². The molecule has 128 valence electrons. The lowest BCUT2D eigenvalue weighted by Crippen LogP contribution is -2.26. The quantitative estimate of drug-likeness (QED) is 0.844. The number of nitrogens with zero attached hydrogens (tertiary/aromatic N) is 2.